The molecule has 3 amide bonds. The Morgan fingerprint density at radius 3 is 2.66 bits per heavy atom. The fourth-order valence-corrected chi connectivity index (χ4v) is 3.32. The minimum absolute atomic E-state index is 0.0989. The van der Waals surface area contributed by atoms with Crippen LogP contribution in [0.15, 0.2) is 18.2 Å². The van der Waals surface area contributed by atoms with Crippen molar-refractivity contribution >= 4 is 35.1 Å². The number of ether oxygens (including phenoxy) is 1. The number of amides is 3. The van der Waals surface area contributed by atoms with E-state index >= 15 is 0 Å². The van der Waals surface area contributed by atoms with Gasteiger partial charge in [0.25, 0.3) is 11.8 Å². The molecule has 0 radical (unpaired) electrons. The maximum Gasteiger partial charge on any atom is 0.258 e. The lowest BCUT2D eigenvalue weighted by Gasteiger charge is -2.08. The van der Waals surface area contributed by atoms with Gasteiger partial charge in [-0.3, -0.25) is 14.4 Å². The average molecular weight is 395 g/mol. The van der Waals surface area contributed by atoms with Gasteiger partial charge >= 0.3 is 0 Å². The van der Waals surface area contributed by atoms with Crippen LogP contribution < -0.4 is 16.0 Å². The fourth-order valence-electron chi connectivity index (χ4n) is 3.32. The summed E-state index contributed by atoms with van der Waals surface area (Å²) in [4.78, 5) is 44.9. The van der Waals surface area contributed by atoms with Crippen LogP contribution >= 0.6 is 0 Å². The Morgan fingerprint density at radius 1 is 1.03 bits per heavy atom. The second-order valence-corrected chi connectivity index (χ2v) is 6.89. The van der Waals surface area contributed by atoms with Gasteiger partial charge in [0.05, 0.1) is 53.5 Å². The lowest BCUT2D eigenvalue weighted by molar-refractivity contribution is -0.120. The first-order chi connectivity index (χ1) is 14.0. The van der Waals surface area contributed by atoms with E-state index in [4.69, 9.17) is 4.74 Å². The van der Waals surface area contributed by atoms with Gasteiger partial charge in [0.1, 0.15) is 0 Å². The number of rotatable bonds is 0. The molecule has 0 saturated heterocycles. The maximum atomic E-state index is 12.6. The maximum absolute atomic E-state index is 12.6. The molecule has 0 saturated carbocycles. The van der Waals surface area contributed by atoms with Crippen molar-refractivity contribution in [1.82, 2.24) is 20.6 Å². The second kappa shape index (κ2) is 7.88. The standard InChI is InChI=1S/C20H21N5O4/c1-11-8-13-16(23-11)10-14-18-15(25-20(14)28)3-2-12(24-18)9-17(26)21-4-6-29-7-5-22-19(13)27/h2-3,8,10,23H,4-7,9H2,1H3,(H,21,26)(H,22,27)(H,25,28). The number of carbonyl (C=O) groups excluding carboxylic acids is 3. The third kappa shape index (κ3) is 4.04. The number of anilines is 1. The van der Waals surface area contributed by atoms with Crippen molar-refractivity contribution < 1.29 is 19.1 Å². The number of aromatic amines is 1. The number of carbonyl (C=O) groups is 3. The van der Waals surface area contributed by atoms with Gasteiger partial charge in [-0.1, -0.05) is 0 Å². The molecule has 0 atom stereocenters. The predicted octanol–water partition coefficient (Wildman–Crippen LogP) is 0.630. The van der Waals surface area contributed by atoms with Gasteiger partial charge in [-0.15, -0.1) is 0 Å². The molecule has 2 aromatic heterocycles. The summed E-state index contributed by atoms with van der Waals surface area (Å²) in [6.07, 6.45) is 1.72. The number of nitrogens with zero attached hydrogens (tertiary/aromatic N) is 1. The fraction of sp³-hybridized carbons (Fsp3) is 0.300. The van der Waals surface area contributed by atoms with E-state index in [1.165, 1.54) is 0 Å². The molecule has 2 aliphatic rings. The molecule has 0 fully saturated rings. The molecule has 0 unspecified atom stereocenters. The monoisotopic (exact) mass is 395 g/mol. The van der Waals surface area contributed by atoms with E-state index < -0.39 is 0 Å². The van der Waals surface area contributed by atoms with Crippen LogP contribution in [-0.2, 0) is 20.7 Å². The zero-order chi connectivity index (χ0) is 20.4. The van der Waals surface area contributed by atoms with E-state index in [0.717, 1.165) is 5.69 Å². The first-order valence-electron chi connectivity index (χ1n) is 9.37. The molecule has 2 aliphatic heterocycles. The Kier molecular flexibility index (Phi) is 5.13. The number of hydrogen-bond acceptors (Lipinski definition) is 5. The molecule has 9 nitrogen and oxygen atoms in total. The number of H-pyrrole nitrogens is 1. The molecule has 9 heteroatoms. The van der Waals surface area contributed by atoms with E-state index in [1.807, 2.05) is 6.92 Å². The minimum atomic E-state index is -0.306. The van der Waals surface area contributed by atoms with Crippen LogP contribution in [-0.4, -0.2) is 54.0 Å². The SMILES string of the molecule is Cc1cc2c([nH]1)C=C1C(=O)Nc3ccc(nc31)CC(=O)NCCOCCNC2=O. The Morgan fingerprint density at radius 2 is 1.83 bits per heavy atom. The van der Waals surface area contributed by atoms with Crippen LogP contribution in [0.2, 0.25) is 0 Å². The molecule has 0 aromatic carbocycles. The summed E-state index contributed by atoms with van der Waals surface area (Å²) in [5.74, 6) is -0.745. The molecule has 150 valence electrons. The van der Waals surface area contributed by atoms with Crippen molar-refractivity contribution in [3.63, 3.8) is 0 Å². The minimum Gasteiger partial charge on any atom is -0.378 e. The van der Waals surface area contributed by atoms with Crippen molar-refractivity contribution in [2.45, 2.75) is 13.3 Å². The molecule has 2 bridgehead atoms. The van der Waals surface area contributed by atoms with E-state index in [2.05, 4.69) is 25.9 Å². The molecule has 4 N–H and O–H groups in total. The summed E-state index contributed by atoms with van der Waals surface area (Å²) in [6.45, 7) is 3.21. The third-order valence-electron chi connectivity index (χ3n) is 4.66. The number of hydrogen-bond donors (Lipinski definition) is 4. The highest BCUT2D eigenvalue weighted by Crippen LogP contribution is 2.32. The lowest BCUT2D eigenvalue weighted by atomic mass is 10.1. The van der Waals surface area contributed by atoms with E-state index in [9.17, 15) is 14.4 Å². The molecular formula is C20H21N5O4. The van der Waals surface area contributed by atoms with Crippen molar-refractivity contribution in [3.05, 3.63) is 46.5 Å². The largest absolute Gasteiger partial charge is 0.378 e. The second-order valence-electron chi connectivity index (χ2n) is 6.89. The highest BCUT2D eigenvalue weighted by atomic mass is 16.5. The van der Waals surface area contributed by atoms with E-state index in [0.29, 0.717) is 60.2 Å². The summed E-state index contributed by atoms with van der Waals surface area (Å²) < 4.78 is 5.43. The van der Waals surface area contributed by atoms with Crippen molar-refractivity contribution in [3.8, 4) is 0 Å². The molecule has 4 heterocycles. The Hall–Kier alpha value is -3.46. The van der Waals surface area contributed by atoms with Crippen LogP contribution in [0.4, 0.5) is 5.69 Å². The first-order valence-corrected chi connectivity index (χ1v) is 9.37. The molecule has 0 spiro atoms. The quantitative estimate of drug-likeness (QED) is 0.521. The average Bonchev–Trinajstić information content (AvgIpc) is 3.20. The van der Waals surface area contributed by atoms with Crippen LogP contribution in [0.5, 0.6) is 0 Å². The van der Waals surface area contributed by atoms with Gasteiger partial charge in [0.2, 0.25) is 5.91 Å². The number of fused-ring (bicyclic) bond motifs is 2. The molecule has 2 aromatic rings. The summed E-state index contributed by atoms with van der Waals surface area (Å²) in [5.41, 5.74) is 3.68. The van der Waals surface area contributed by atoms with E-state index in [-0.39, 0.29) is 24.1 Å². The van der Waals surface area contributed by atoms with Crippen molar-refractivity contribution in [1.29, 1.82) is 0 Å². The molecule has 4 rings (SSSR count). The van der Waals surface area contributed by atoms with Crippen molar-refractivity contribution in [2.75, 3.05) is 31.6 Å². The van der Waals surface area contributed by atoms with Crippen molar-refractivity contribution in [2.24, 2.45) is 0 Å². The smallest absolute Gasteiger partial charge is 0.258 e. The van der Waals surface area contributed by atoms with Gasteiger partial charge in [0, 0.05) is 18.8 Å². The molecule has 0 aliphatic carbocycles. The van der Waals surface area contributed by atoms with Gasteiger partial charge in [-0.05, 0) is 31.2 Å². The molecule has 29 heavy (non-hydrogen) atoms. The lowest BCUT2D eigenvalue weighted by Crippen LogP contribution is -2.31. The van der Waals surface area contributed by atoms with Gasteiger partial charge in [-0.25, -0.2) is 4.98 Å². The van der Waals surface area contributed by atoms with Gasteiger partial charge in [0.15, 0.2) is 0 Å². The summed E-state index contributed by atoms with van der Waals surface area (Å²) in [7, 11) is 0. The summed E-state index contributed by atoms with van der Waals surface area (Å²) in [6, 6.07) is 5.18. The third-order valence-corrected chi connectivity index (χ3v) is 4.66. The zero-order valence-electron chi connectivity index (χ0n) is 15.9. The topological polar surface area (TPSA) is 125 Å². The van der Waals surface area contributed by atoms with Gasteiger partial charge in [-0.2, -0.15) is 0 Å². The van der Waals surface area contributed by atoms with E-state index in [1.54, 1.807) is 24.3 Å². The summed E-state index contributed by atoms with van der Waals surface area (Å²) in [5, 5.41) is 8.34. The number of aromatic nitrogens is 2. The van der Waals surface area contributed by atoms with Crippen LogP contribution in [0.1, 0.15) is 33.1 Å². The number of pyridine rings is 1. The Labute approximate surface area is 166 Å². The number of aryl methyl sites for hydroxylation is 1. The highest BCUT2D eigenvalue weighted by molar-refractivity contribution is 6.34. The first kappa shape index (κ1) is 18.9. The summed E-state index contributed by atoms with van der Waals surface area (Å²) >= 11 is 0. The Bertz CT molecular complexity index is 1020. The normalized spacial score (nSPS) is 17.6. The van der Waals surface area contributed by atoms with Crippen LogP contribution in [0, 0.1) is 6.92 Å². The number of nitrogens with one attached hydrogen (secondary N) is 4. The Balaban J connectivity index is 1.76. The van der Waals surface area contributed by atoms with Crippen LogP contribution in [0.3, 0.4) is 0 Å². The zero-order valence-corrected chi connectivity index (χ0v) is 15.9. The predicted molar refractivity (Wildman–Crippen MR) is 106 cm³/mol. The van der Waals surface area contributed by atoms with Crippen LogP contribution in [0.25, 0.3) is 11.6 Å². The highest BCUT2D eigenvalue weighted by Gasteiger charge is 2.27. The van der Waals surface area contributed by atoms with Gasteiger partial charge < -0.3 is 25.7 Å². The molecular weight excluding hydrogens is 374 g/mol.